The molecule has 6 aromatic carbocycles. The summed E-state index contributed by atoms with van der Waals surface area (Å²) in [6.07, 6.45) is 0. The third kappa shape index (κ3) is 6.34. The predicted octanol–water partition coefficient (Wildman–Crippen LogP) is -18.2. The van der Waals surface area contributed by atoms with E-state index in [1.165, 1.54) is 0 Å². The zero-order chi connectivity index (χ0) is 47.2. The lowest BCUT2D eigenvalue weighted by Gasteiger charge is -2.29. The van der Waals surface area contributed by atoms with E-state index in [-0.39, 0.29) is 204 Å². The van der Waals surface area contributed by atoms with Crippen LogP contribution in [-0.4, -0.2) is 195 Å². The van der Waals surface area contributed by atoms with Crippen LogP contribution in [0.5, 0.6) is 0 Å². The molecule has 0 atom stereocenters. The van der Waals surface area contributed by atoms with E-state index in [9.17, 15) is 0 Å². The zero-order valence-electron chi connectivity index (χ0n) is 33.5. The van der Waals surface area contributed by atoms with Crippen molar-refractivity contribution < 1.29 is 4.42 Å². The van der Waals surface area contributed by atoms with E-state index in [1.807, 2.05) is 0 Å². The van der Waals surface area contributed by atoms with Crippen molar-refractivity contribution in [1.29, 1.82) is 0 Å². The third-order valence-electron chi connectivity index (χ3n) is 11.6. The molecule has 0 bridgehead atoms. The largest absolute Gasteiger partial charge is 0.457 e. The summed E-state index contributed by atoms with van der Waals surface area (Å²) in [7, 11) is 150. The molecule has 46 radical (unpaired) electrons. The summed E-state index contributed by atoms with van der Waals surface area (Å²) >= 11 is 0. The Morgan fingerprint density at radius 2 is 0.422 bits per heavy atom. The van der Waals surface area contributed by atoms with Crippen LogP contribution in [0.2, 0.25) is 0 Å². The van der Waals surface area contributed by atoms with Crippen LogP contribution in [0.1, 0.15) is 0 Å². The Bertz CT molecular complexity index is 3440. The highest BCUT2D eigenvalue weighted by Gasteiger charge is 2.29. The Kier molecular flexibility index (Phi) is 11.6. The summed E-state index contributed by atoms with van der Waals surface area (Å²) in [6, 6.07) is 0. The fourth-order valence-corrected chi connectivity index (χ4v) is 7.92. The van der Waals surface area contributed by atoms with Crippen molar-refractivity contribution in [3.63, 3.8) is 0 Å². The fraction of sp³-hybridized carbons (Fsp3) is 0. The predicted molar refractivity (Wildman–Crippen MR) is 290 cm³/mol. The average molecular weight is 751 g/mol. The molecule has 0 aliphatic carbocycles. The van der Waals surface area contributed by atoms with Gasteiger partial charge in [0.15, 0.2) is 17.5 Å². The highest BCUT2D eigenvalue weighted by Crippen LogP contribution is 2.34. The minimum absolute atomic E-state index is 0.00493. The number of hydrogen-bond acceptors (Lipinski definition) is 4. The molecule has 0 fully saturated rings. The third-order valence-corrected chi connectivity index (χ3v) is 11.6. The highest BCUT2D eigenvalue weighted by molar-refractivity contribution is 6.74. The first kappa shape index (κ1) is 46.4. The SMILES string of the molecule is [B]c1c([B])c([B])c(-c2nc(-c3c([B])c([B])c([B])c4c(-c5c([B])c([B])c([B])c([B])c5[B])c([B])c([B])c([B])c34)nc(-c3c([B])c([B])c([B])c4oc5c([B])c([B])c([B])c([B])c5c34)n2)c([B])c1[B]. The van der Waals surface area contributed by atoms with Crippen LogP contribution in [-0.2, 0) is 0 Å². The summed E-state index contributed by atoms with van der Waals surface area (Å²) in [4.78, 5) is 14.5. The minimum atomic E-state index is -0.312. The molecule has 4 nitrogen and oxygen atoms in total. The normalized spacial score (nSPS) is 11.6. The second-order valence-electron chi connectivity index (χ2n) is 15.0. The molecule has 0 unspecified atom stereocenters. The molecule has 2 aromatic heterocycles. The lowest BCUT2D eigenvalue weighted by Crippen LogP contribution is -2.56. The van der Waals surface area contributed by atoms with Gasteiger partial charge in [0, 0.05) is 27.5 Å². The van der Waals surface area contributed by atoms with Crippen molar-refractivity contribution in [2.24, 2.45) is 0 Å². The Morgan fingerprint density at radius 3 is 0.859 bits per heavy atom. The zero-order valence-corrected chi connectivity index (χ0v) is 33.5. The number of fused-ring (bicyclic) bond motifs is 4. The molecular formula is C37B23N3O. The first-order valence-corrected chi connectivity index (χ1v) is 18.4. The van der Waals surface area contributed by atoms with Crippen molar-refractivity contribution >= 4 is 339 Å². The van der Waals surface area contributed by atoms with Crippen molar-refractivity contribution in [3.05, 3.63) is 0 Å². The van der Waals surface area contributed by atoms with Crippen LogP contribution in [0.3, 0.4) is 0 Å². The van der Waals surface area contributed by atoms with Gasteiger partial charge >= 0.3 is 0 Å². The van der Waals surface area contributed by atoms with E-state index in [4.69, 9.17) is 200 Å². The quantitative estimate of drug-likeness (QED) is 0.168. The monoisotopic (exact) mass is 755 g/mol. The molecule has 2 heterocycles. The summed E-state index contributed by atoms with van der Waals surface area (Å²) in [5.74, 6) is -0.887. The van der Waals surface area contributed by atoms with Crippen LogP contribution in [0, 0.1) is 0 Å². The number of hydrogen-bond donors (Lipinski definition) is 0. The summed E-state index contributed by atoms with van der Waals surface area (Å²) < 4.78 is 6.19. The van der Waals surface area contributed by atoms with Crippen molar-refractivity contribution in [3.8, 4) is 45.3 Å². The molecule has 8 aromatic rings. The van der Waals surface area contributed by atoms with Gasteiger partial charge in [-0.3, -0.25) is 0 Å². The molecule has 0 saturated carbocycles. The van der Waals surface area contributed by atoms with E-state index in [0.717, 1.165) is 0 Å². The topological polar surface area (TPSA) is 51.8 Å². The van der Waals surface area contributed by atoms with Crippen LogP contribution < -0.4 is 126 Å². The molecule has 64 heavy (non-hydrogen) atoms. The van der Waals surface area contributed by atoms with Crippen LogP contribution in [0.25, 0.3) is 78.0 Å². The second-order valence-corrected chi connectivity index (χ2v) is 15.0. The maximum Gasteiger partial charge on any atom is 0.164 e. The van der Waals surface area contributed by atoms with Gasteiger partial charge in [-0.25, -0.2) is 15.0 Å². The number of benzene rings is 6. The summed E-state index contributed by atoms with van der Waals surface area (Å²) in [5, 5.41) is 0.191. The smallest absolute Gasteiger partial charge is 0.164 e. The molecule has 0 amide bonds. The van der Waals surface area contributed by atoms with Crippen molar-refractivity contribution in [2.45, 2.75) is 0 Å². The Hall–Kier alpha value is -4.12. The molecule has 0 aliphatic heterocycles. The fourth-order valence-electron chi connectivity index (χ4n) is 7.92. The van der Waals surface area contributed by atoms with Crippen molar-refractivity contribution in [2.75, 3.05) is 0 Å². The first-order valence-electron chi connectivity index (χ1n) is 18.4. The molecule has 238 valence electrons. The maximum atomic E-state index is 6.87. The molecular weight excluding hydrogens is 751 g/mol. The molecule has 0 spiro atoms. The number of nitrogens with zero attached hydrogens (tertiary/aromatic N) is 3. The van der Waals surface area contributed by atoms with Crippen LogP contribution in [0.15, 0.2) is 4.42 Å². The van der Waals surface area contributed by atoms with Gasteiger partial charge < -0.3 is 4.42 Å². The number of rotatable bonds is 4. The standard InChI is InChI=1S/C37B23N3O/c38-10-1-2(5-13(41)22(50)28(56)23(51)14(5)42)11(39)20(48)12(40)3(1)7(16(44)21(10)49)35-61-36(63-37(62-35)9-18(46)25(53)29(57)26(54)19(9)47)8-4-6-15(43)24(52)30(58)32(60)34(6)64-33(4)31(59)27(55)17(8)45. The average Bonchev–Trinajstić information content (AvgIpc) is 3.67. The van der Waals surface area contributed by atoms with E-state index in [1.54, 1.807) is 0 Å². The van der Waals surface area contributed by atoms with Gasteiger partial charge in [-0.1, -0.05) is 65.6 Å². The van der Waals surface area contributed by atoms with Gasteiger partial charge in [-0.05, 0) is 21.9 Å². The van der Waals surface area contributed by atoms with Gasteiger partial charge in [-0.2, -0.15) is 0 Å². The van der Waals surface area contributed by atoms with E-state index >= 15 is 0 Å². The van der Waals surface area contributed by atoms with Gasteiger partial charge in [-0.15, -0.1) is 60.1 Å². The van der Waals surface area contributed by atoms with E-state index in [2.05, 4.69) is 0 Å². The first-order chi connectivity index (χ1) is 29.9. The molecule has 0 aliphatic rings. The van der Waals surface area contributed by atoms with Gasteiger partial charge in [0.1, 0.15) is 192 Å². The second kappa shape index (κ2) is 16.0. The maximum absolute atomic E-state index is 6.87. The molecule has 0 saturated heterocycles. The van der Waals surface area contributed by atoms with Gasteiger partial charge in [0.25, 0.3) is 0 Å². The molecule has 8 rings (SSSR count). The number of aromatic nitrogens is 3. The summed E-state index contributed by atoms with van der Waals surface area (Å²) in [5.41, 5.74) is -3.66. The molecule has 0 N–H and O–H groups in total. The molecule has 27 heteroatoms. The number of furan rings is 1. The lowest BCUT2D eigenvalue weighted by molar-refractivity contribution is 0.675. The van der Waals surface area contributed by atoms with Gasteiger partial charge in [0.05, 0.1) is 0 Å². The van der Waals surface area contributed by atoms with E-state index < -0.39 is 0 Å². The minimum Gasteiger partial charge on any atom is -0.457 e. The van der Waals surface area contributed by atoms with Crippen molar-refractivity contribution in [1.82, 2.24) is 15.0 Å². The van der Waals surface area contributed by atoms with Crippen LogP contribution in [0.4, 0.5) is 0 Å². The Morgan fingerprint density at radius 1 is 0.188 bits per heavy atom. The van der Waals surface area contributed by atoms with Gasteiger partial charge in [0.2, 0.25) is 0 Å². The Balaban J connectivity index is 1.64. The summed E-state index contributed by atoms with van der Waals surface area (Å²) in [6.45, 7) is 0. The Labute approximate surface area is 401 Å². The van der Waals surface area contributed by atoms with E-state index in [0.29, 0.717) is 0 Å². The lowest BCUT2D eigenvalue weighted by atomic mass is 9.56. The van der Waals surface area contributed by atoms with Crippen LogP contribution >= 0.6 is 0 Å². The highest BCUT2D eigenvalue weighted by atomic mass is 16.3.